The van der Waals surface area contributed by atoms with Gasteiger partial charge in [0.25, 0.3) is 5.56 Å². The lowest BCUT2D eigenvalue weighted by atomic mass is 10.0. The summed E-state index contributed by atoms with van der Waals surface area (Å²) in [5.41, 5.74) is 1.24. The maximum absolute atomic E-state index is 12.3. The van der Waals surface area contributed by atoms with Crippen LogP contribution in [0.1, 0.15) is 25.3 Å². The highest BCUT2D eigenvalue weighted by molar-refractivity contribution is 5.45. The van der Waals surface area contributed by atoms with Gasteiger partial charge in [-0.2, -0.15) is 4.98 Å². The van der Waals surface area contributed by atoms with Crippen LogP contribution < -0.4 is 15.4 Å². The van der Waals surface area contributed by atoms with Crippen LogP contribution in [0.15, 0.2) is 41.2 Å². The van der Waals surface area contributed by atoms with Gasteiger partial charge >= 0.3 is 0 Å². The summed E-state index contributed by atoms with van der Waals surface area (Å²) in [6.07, 6.45) is 3.38. The predicted octanol–water partition coefficient (Wildman–Crippen LogP) is 2.21. The second-order valence-corrected chi connectivity index (χ2v) is 7.23. The first-order chi connectivity index (χ1) is 12.7. The van der Waals surface area contributed by atoms with Crippen LogP contribution >= 0.6 is 0 Å². The number of hydrogen-bond acceptors (Lipinski definition) is 5. The fourth-order valence-electron chi connectivity index (χ4n) is 3.97. The predicted molar refractivity (Wildman–Crippen MR) is 103 cm³/mol. The molecule has 0 aliphatic carbocycles. The zero-order valence-corrected chi connectivity index (χ0v) is 15.2. The van der Waals surface area contributed by atoms with Crippen LogP contribution in [0, 0.1) is 0 Å². The number of hydrogen-bond donors (Lipinski definition) is 1. The van der Waals surface area contributed by atoms with Gasteiger partial charge in [0, 0.05) is 31.7 Å². The normalized spacial score (nSPS) is 23.4. The van der Waals surface area contributed by atoms with Crippen molar-refractivity contribution in [2.24, 2.45) is 0 Å². The summed E-state index contributed by atoms with van der Waals surface area (Å²) in [7, 11) is 0. The lowest BCUT2D eigenvalue weighted by Gasteiger charge is -2.33. The standard InChI is InChI=1S/C20H26N4O2/c1-15-14-23(10-11-26-15)18-13-19(25)22-20(21-18)24-9-5-8-17(24)12-16-6-3-2-4-7-16/h2-4,6-7,13,15,17H,5,8-12,14H2,1H3,(H,21,22,25)/t15-,17?/m0/s1. The molecule has 1 unspecified atom stereocenters. The van der Waals surface area contributed by atoms with E-state index in [1.54, 1.807) is 6.07 Å². The third kappa shape index (κ3) is 3.75. The van der Waals surface area contributed by atoms with Crippen molar-refractivity contribution < 1.29 is 4.74 Å². The van der Waals surface area contributed by atoms with E-state index in [-0.39, 0.29) is 11.7 Å². The smallest absolute Gasteiger partial charge is 0.254 e. The minimum absolute atomic E-state index is 0.0884. The van der Waals surface area contributed by atoms with Gasteiger partial charge in [-0.15, -0.1) is 0 Å². The second kappa shape index (κ2) is 7.50. The van der Waals surface area contributed by atoms with E-state index < -0.39 is 0 Å². The van der Waals surface area contributed by atoms with Gasteiger partial charge in [0.15, 0.2) is 0 Å². The fourth-order valence-corrected chi connectivity index (χ4v) is 3.97. The van der Waals surface area contributed by atoms with Crippen molar-refractivity contribution in [3.8, 4) is 0 Å². The minimum Gasteiger partial charge on any atom is -0.375 e. The van der Waals surface area contributed by atoms with Crippen LogP contribution in [-0.2, 0) is 11.2 Å². The number of ether oxygens (including phenoxy) is 1. The van der Waals surface area contributed by atoms with Gasteiger partial charge in [0.1, 0.15) is 5.82 Å². The molecular formula is C20H26N4O2. The Balaban J connectivity index is 1.57. The Labute approximate surface area is 153 Å². The van der Waals surface area contributed by atoms with E-state index in [4.69, 9.17) is 9.72 Å². The van der Waals surface area contributed by atoms with Crippen LogP contribution in [0.2, 0.25) is 0 Å². The van der Waals surface area contributed by atoms with Crippen molar-refractivity contribution in [1.82, 2.24) is 9.97 Å². The van der Waals surface area contributed by atoms with E-state index in [9.17, 15) is 4.79 Å². The van der Waals surface area contributed by atoms with Gasteiger partial charge in [-0.3, -0.25) is 9.78 Å². The van der Waals surface area contributed by atoms with Crippen molar-refractivity contribution in [2.45, 2.75) is 38.3 Å². The molecule has 2 atom stereocenters. The zero-order chi connectivity index (χ0) is 17.9. The molecule has 1 aromatic carbocycles. The Morgan fingerprint density at radius 2 is 2.12 bits per heavy atom. The van der Waals surface area contributed by atoms with Gasteiger partial charge in [-0.1, -0.05) is 30.3 Å². The van der Waals surface area contributed by atoms with E-state index in [2.05, 4.69) is 46.0 Å². The molecule has 6 heteroatoms. The van der Waals surface area contributed by atoms with Crippen LogP contribution in [0.4, 0.5) is 11.8 Å². The number of morpholine rings is 1. The maximum atomic E-state index is 12.3. The number of H-pyrrole nitrogens is 1. The summed E-state index contributed by atoms with van der Waals surface area (Å²) in [6, 6.07) is 12.5. The third-order valence-electron chi connectivity index (χ3n) is 5.24. The molecule has 4 rings (SSSR count). The highest BCUT2D eigenvalue weighted by Gasteiger charge is 2.28. The molecule has 2 aliphatic rings. The molecular weight excluding hydrogens is 328 g/mol. The fraction of sp³-hybridized carbons (Fsp3) is 0.500. The molecule has 0 spiro atoms. The number of benzene rings is 1. The Hall–Kier alpha value is -2.34. The summed E-state index contributed by atoms with van der Waals surface area (Å²) in [6.45, 7) is 5.20. The molecule has 1 aromatic heterocycles. The topological polar surface area (TPSA) is 61.5 Å². The number of rotatable bonds is 4. The first-order valence-electron chi connectivity index (χ1n) is 9.47. The van der Waals surface area contributed by atoms with Crippen molar-refractivity contribution in [3.05, 3.63) is 52.3 Å². The number of nitrogens with one attached hydrogen (secondary N) is 1. The van der Waals surface area contributed by atoms with Crippen molar-refractivity contribution in [2.75, 3.05) is 36.0 Å². The van der Waals surface area contributed by atoms with Gasteiger partial charge in [0.05, 0.1) is 12.7 Å². The van der Waals surface area contributed by atoms with E-state index in [1.807, 2.05) is 6.07 Å². The molecule has 0 amide bonds. The largest absolute Gasteiger partial charge is 0.375 e. The number of aromatic amines is 1. The summed E-state index contributed by atoms with van der Waals surface area (Å²) < 4.78 is 5.61. The summed E-state index contributed by atoms with van der Waals surface area (Å²) in [4.78, 5) is 24.5. The molecule has 2 saturated heterocycles. The molecule has 138 valence electrons. The monoisotopic (exact) mass is 354 g/mol. The van der Waals surface area contributed by atoms with Gasteiger partial charge in [-0.05, 0) is 31.7 Å². The lowest BCUT2D eigenvalue weighted by molar-refractivity contribution is 0.0529. The van der Waals surface area contributed by atoms with E-state index >= 15 is 0 Å². The average Bonchev–Trinajstić information content (AvgIpc) is 3.10. The molecule has 2 aromatic rings. The van der Waals surface area contributed by atoms with Gasteiger partial charge in [-0.25, -0.2) is 0 Å². The molecule has 0 bridgehead atoms. The molecule has 26 heavy (non-hydrogen) atoms. The SMILES string of the molecule is C[C@H]1CN(c2cc(=O)[nH]c(N3CCCC3Cc3ccccc3)n2)CCO1. The van der Waals surface area contributed by atoms with E-state index in [0.717, 1.165) is 44.7 Å². The van der Waals surface area contributed by atoms with E-state index in [1.165, 1.54) is 5.56 Å². The summed E-state index contributed by atoms with van der Waals surface area (Å²) >= 11 is 0. The summed E-state index contributed by atoms with van der Waals surface area (Å²) in [5.74, 6) is 1.45. The zero-order valence-electron chi connectivity index (χ0n) is 15.2. The van der Waals surface area contributed by atoms with Gasteiger partial charge in [0.2, 0.25) is 5.95 Å². The first kappa shape index (κ1) is 17.1. The van der Waals surface area contributed by atoms with Crippen molar-refractivity contribution in [3.63, 3.8) is 0 Å². The maximum Gasteiger partial charge on any atom is 0.254 e. The molecule has 2 fully saturated rings. The van der Waals surface area contributed by atoms with Crippen LogP contribution in [0.3, 0.4) is 0 Å². The molecule has 2 aliphatic heterocycles. The van der Waals surface area contributed by atoms with Crippen LogP contribution in [-0.4, -0.2) is 48.4 Å². The highest BCUT2D eigenvalue weighted by Crippen LogP contribution is 2.26. The van der Waals surface area contributed by atoms with E-state index in [0.29, 0.717) is 18.6 Å². The Kier molecular flexibility index (Phi) is 4.93. The van der Waals surface area contributed by atoms with Gasteiger partial charge < -0.3 is 14.5 Å². The number of nitrogens with zero attached hydrogens (tertiary/aromatic N) is 3. The Morgan fingerprint density at radius 1 is 1.27 bits per heavy atom. The number of aromatic nitrogens is 2. The molecule has 6 nitrogen and oxygen atoms in total. The highest BCUT2D eigenvalue weighted by atomic mass is 16.5. The molecule has 0 radical (unpaired) electrons. The van der Waals surface area contributed by atoms with Crippen molar-refractivity contribution in [1.29, 1.82) is 0 Å². The third-order valence-corrected chi connectivity index (χ3v) is 5.24. The van der Waals surface area contributed by atoms with Crippen molar-refractivity contribution >= 4 is 11.8 Å². The summed E-state index contributed by atoms with van der Waals surface area (Å²) in [5, 5.41) is 0. The minimum atomic E-state index is -0.0884. The number of anilines is 2. The Bertz CT molecular complexity index is 792. The lowest BCUT2D eigenvalue weighted by Crippen LogP contribution is -2.42. The quantitative estimate of drug-likeness (QED) is 0.912. The van der Waals surface area contributed by atoms with Crippen LogP contribution in [0.25, 0.3) is 0 Å². The van der Waals surface area contributed by atoms with Crippen LogP contribution in [0.5, 0.6) is 0 Å². The second-order valence-electron chi connectivity index (χ2n) is 7.23. The Morgan fingerprint density at radius 3 is 2.92 bits per heavy atom. The average molecular weight is 354 g/mol. The first-order valence-corrected chi connectivity index (χ1v) is 9.47. The molecule has 0 saturated carbocycles. The molecule has 1 N–H and O–H groups in total. The molecule has 3 heterocycles.